The minimum atomic E-state index is -0.220. The Labute approximate surface area is 89.5 Å². The first-order valence-corrected chi connectivity index (χ1v) is 5.22. The molecule has 1 fully saturated rings. The van der Waals surface area contributed by atoms with E-state index in [0.29, 0.717) is 6.54 Å². The average molecular weight is 208 g/mol. The zero-order chi connectivity index (χ0) is 10.7. The van der Waals surface area contributed by atoms with E-state index in [9.17, 15) is 5.11 Å². The smallest absolute Gasteiger partial charge is 0.137 e. The normalized spacial score (nSPS) is 21.5. The van der Waals surface area contributed by atoms with Gasteiger partial charge in [-0.15, -0.1) is 0 Å². The summed E-state index contributed by atoms with van der Waals surface area (Å²) in [4.78, 5) is 6.40. The van der Waals surface area contributed by atoms with Crippen LogP contribution in [0.5, 0.6) is 5.75 Å². The lowest BCUT2D eigenvalue weighted by Crippen LogP contribution is -2.38. The molecule has 0 radical (unpaired) electrons. The van der Waals surface area contributed by atoms with E-state index in [1.165, 1.54) is 0 Å². The molecule has 0 unspecified atom stereocenters. The second-order valence-electron chi connectivity index (χ2n) is 3.80. The van der Waals surface area contributed by atoms with Gasteiger partial charge in [-0.3, -0.25) is 0 Å². The third-order valence-corrected chi connectivity index (χ3v) is 2.68. The van der Waals surface area contributed by atoms with E-state index in [4.69, 9.17) is 4.74 Å². The summed E-state index contributed by atoms with van der Waals surface area (Å²) >= 11 is 0. The molecule has 1 aromatic rings. The largest absolute Gasteiger partial charge is 0.495 e. The molecule has 1 saturated heterocycles. The summed E-state index contributed by atoms with van der Waals surface area (Å²) in [5, 5.41) is 9.55. The highest BCUT2D eigenvalue weighted by Crippen LogP contribution is 2.19. The Morgan fingerprint density at radius 1 is 1.53 bits per heavy atom. The number of nitrogens with zero attached hydrogens (tertiary/aromatic N) is 2. The summed E-state index contributed by atoms with van der Waals surface area (Å²) in [6.45, 7) is 1.65. The number of hydrogen-bond donors (Lipinski definition) is 1. The molecule has 1 aliphatic rings. The SMILES string of the molecule is COc1ccc(N2CCC[C@H](O)C2)nc1. The molecule has 1 N–H and O–H groups in total. The van der Waals surface area contributed by atoms with Crippen molar-refractivity contribution in [1.29, 1.82) is 0 Å². The Morgan fingerprint density at radius 3 is 3.00 bits per heavy atom. The number of rotatable bonds is 2. The highest BCUT2D eigenvalue weighted by Gasteiger charge is 2.18. The van der Waals surface area contributed by atoms with Gasteiger partial charge in [-0.25, -0.2) is 4.98 Å². The number of aromatic nitrogens is 1. The number of β-amino-alcohol motifs (C(OH)–C–C–N with tert-alkyl or cyclic N) is 1. The molecule has 0 aliphatic carbocycles. The topological polar surface area (TPSA) is 45.6 Å². The highest BCUT2D eigenvalue weighted by atomic mass is 16.5. The zero-order valence-corrected chi connectivity index (χ0v) is 8.89. The first kappa shape index (κ1) is 10.2. The van der Waals surface area contributed by atoms with Crippen molar-refractivity contribution in [2.24, 2.45) is 0 Å². The van der Waals surface area contributed by atoms with Gasteiger partial charge >= 0.3 is 0 Å². The van der Waals surface area contributed by atoms with E-state index < -0.39 is 0 Å². The van der Waals surface area contributed by atoms with Crippen LogP contribution in [0, 0.1) is 0 Å². The van der Waals surface area contributed by atoms with E-state index in [-0.39, 0.29) is 6.10 Å². The standard InChI is InChI=1S/C11H16N2O2/c1-15-10-4-5-11(12-7-10)13-6-2-3-9(14)8-13/h4-5,7,9,14H,2-3,6,8H2,1H3/t9-/m0/s1. The Morgan fingerprint density at radius 2 is 2.40 bits per heavy atom. The second-order valence-corrected chi connectivity index (χ2v) is 3.80. The van der Waals surface area contributed by atoms with Crippen LogP contribution < -0.4 is 9.64 Å². The summed E-state index contributed by atoms with van der Waals surface area (Å²) < 4.78 is 5.05. The number of pyridine rings is 1. The minimum absolute atomic E-state index is 0.220. The molecule has 15 heavy (non-hydrogen) atoms. The lowest BCUT2D eigenvalue weighted by atomic mass is 10.1. The number of aliphatic hydroxyl groups excluding tert-OH is 1. The van der Waals surface area contributed by atoms with E-state index in [1.54, 1.807) is 13.3 Å². The molecule has 0 saturated carbocycles. The lowest BCUT2D eigenvalue weighted by molar-refractivity contribution is 0.154. The fraction of sp³-hybridized carbons (Fsp3) is 0.545. The number of anilines is 1. The van der Waals surface area contributed by atoms with Crippen molar-refractivity contribution >= 4 is 5.82 Å². The van der Waals surface area contributed by atoms with Gasteiger partial charge in [-0.05, 0) is 25.0 Å². The van der Waals surface area contributed by atoms with Gasteiger partial charge in [0, 0.05) is 13.1 Å². The minimum Gasteiger partial charge on any atom is -0.495 e. The lowest BCUT2D eigenvalue weighted by Gasteiger charge is -2.30. The van der Waals surface area contributed by atoms with Crippen LogP contribution in [0.4, 0.5) is 5.82 Å². The molecule has 0 aromatic carbocycles. The van der Waals surface area contributed by atoms with Gasteiger partial charge in [-0.2, -0.15) is 0 Å². The van der Waals surface area contributed by atoms with Crippen molar-refractivity contribution in [3.8, 4) is 5.75 Å². The molecule has 1 aliphatic heterocycles. The molecule has 0 bridgehead atoms. The number of aliphatic hydroxyl groups is 1. The predicted molar refractivity (Wildman–Crippen MR) is 58.2 cm³/mol. The molecule has 0 amide bonds. The summed E-state index contributed by atoms with van der Waals surface area (Å²) in [7, 11) is 1.63. The molecule has 4 nitrogen and oxygen atoms in total. The molecule has 2 heterocycles. The quantitative estimate of drug-likeness (QED) is 0.789. The predicted octanol–water partition coefficient (Wildman–Crippen LogP) is 1.05. The molecule has 1 atom stereocenters. The summed E-state index contributed by atoms with van der Waals surface area (Å²) in [5.74, 6) is 1.67. The van der Waals surface area contributed by atoms with Gasteiger partial charge < -0.3 is 14.7 Å². The van der Waals surface area contributed by atoms with Crippen LogP contribution in [0.1, 0.15) is 12.8 Å². The van der Waals surface area contributed by atoms with Crippen molar-refractivity contribution in [2.75, 3.05) is 25.1 Å². The third kappa shape index (κ3) is 2.39. The Bertz CT molecular complexity index is 313. The van der Waals surface area contributed by atoms with Crippen molar-refractivity contribution < 1.29 is 9.84 Å². The van der Waals surface area contributed by atoms with Gasteiger partial charge in [0.05, 0.1) is 19.4 Å². The maximum absolute atomic E-state index is 9.55. The maximum Gasteiger partial charge on any atom is 0.137 e. The zero-order valence-electron chi connectivity index (χ0n) is 8.89. The monoisotopic (exact) mass is 208 g/mol. The van der Waals surface area contributed by atoms with E-state index in [2.05, 4.69) is 9.88 Å². The summed E-state index contributed by atoms with van der Waals surface area (Å²) in [5.41, 5.74) is 0. The van der Waals surface area contributed by atoms with Crippen LogP contribution in [0.15, 0.2) is 18.3 Å². The first-order chi connectivity index (χ1) is 7.29. The highest BCUT2D eigenvalue weighted by molar-refractivity contribution is 5.41. The fourth-order valence-corrected chi connectivity index (χ4v) is 1.84. The molecule has 82 valence electrons. The average Bonchev–Trinajstić information content (AvgIpc) is 2.29. The molecule has 4 heteroatoms. The van der Waals surface area contributed by atoms with E-state index in [0.717, 1.165) is 31.0 Å². The van der Waals surface area contributed by atoms with Gasteiger partial charge in [-0.1, -0.05) is 0 Å². The fourth-order valence-electron chi connectivity index (χ4n) is 1.84. The van der Waals surface area contributed by atoms with Crippen LogP contribution in [-0.2, 0) is 0 Å². The number of hydrogen-bond acceptors (Lipinski definition) is 4. The molecular formula is C11H16N2O2. The van der Waals surface area contributed by atoms with Gasteiger partial charge in [0.15, 0.2) is 0 Å². The van der Waals surface area contributed by atoms with Crippen LogP contribution in [-0.4, -0.2) is 36.4 Å². The van der Waals surface area contributed by atoms with Crippen molar-refractivity contribution in [3.05, 3.63) is 18.3 Å². The van der Waals surface area contributed by atoms with Crippen LogP contribution in [0.25, 0.3) is 0 Å². The van der Waals surface area contributed by atoms with Gasteiger partial charge in [0.2, 0.25) is 0 Å². The van der Waals surface area contributed by atoms with Crippen LogP contribution >= 0.6 is 0 Å². The first-order valence-electron chi connectivity index (χ1n) is 5.22. The Hall–Kier alpha value is -1.29. The van der Waals surface area contributed by atoms with Crippen molar-refractivity contribution in [3.63, 3.8) is 0 Å². The molecule has 2 rings (SSSR count). The van der Waals surface area contributed by atoms with Crippen molar-refractivity contribution in [1.82, 2.24) is 4.98 Å². The second kappa shape index (κ2) is 4.49. The maximum atomic E-state index is 9.55. The number of piperidine rings is 1. The van der Waals surface area contributed by atoms with Crippen LogP contribution in [0.2, 0.25) is 0 Å². The Kier molecular flexibility index (Phi) is 3.06. The molecular weight excluding hydrogens is 192 g/mol. The molecule has 0 spiro atoms. The third-order valence-electron chi connectivity index (χ3n) is 2.68. The van der Waals surface area contributed by atoms with Gasteiger partial charge in [0.25, 0.3) is 0 Å². The summed E-state index contributed by atoms with van der Waals surface area (Å²) in [6.07, 6.45) is 3.40. The Balaban J connectivity index is 2.07. The van der Waals surface area contributed by atoms with Crippen molar-refractivity contribution in [2.45, 2.75) is 18.9 Å². The van der Waals surface area contributed by atoms with E-state index in [1.807, 2.05) is 12.1 Å². The van der Waals surface area contributed by atoms with Gasteiger partial charge in [0.1, 0.15) is 11.6 Å². The molecule has 1 aromatic heterocycles. The number of ether oxygens (including phenoxy) is 1. The number of methoxy groups -OCH3 is 1. The summed E-state index contributed by atoms with van der Waals surface area (Å²) in [6, 6.07) is 3.82. The van der Waals surface area contributed by atoms with Crippen LogP contribution in [0.3, 0.4) is 0 Å². The van der Waals surface area contributed by atoms with E-state index >= 15 is 0 Å².